The number of rotatable bonds is 3. The molecule has 0 spiro atoms. The molecule has 1 aliphatic rings. The number of halogens is 1. The van der Waals surface area contributed by atoms with Crippen molar-refractivity contribution in [3.63, 3.8) is 0 Å². The molecule has 0 aliphatic heterocycles. The fourth-order valence-corrected chi connectivity index (χ4v) is 2.52. The summed E-state index contributed by atoms with van der Waals surface area (Å²) < 4.78 is 6.08. The summed E-state index contributed by atoms with van der Waals surface area (Å²) in [5.41, 5.74) is 7.02. The smallest absolute Gasteiger partial charge is 0.172 e. The molecule has 1 saturated carbocycles. The lowest BCUT2D eigenvalue weighted by atomic mass is 9.73. The first-order valence-electron chi connectivity index (χ1n) is 4.76. The van der Waals surface area contributed by atoms with Crippen molar-refractivity contribution in [1.29, 1.82) is 0 Å². The van der Waals surface area contributed by atoms with E-state index in [1.165, 1.54) is 24.8 Å². The van der Waals surface area contributed by atoms with Gasteiger partial charge in [-0.3, -0.25) is 0 Å². The first-order chi connectivity index (χ1) is 6.33. The summed E-state index contributed by atoms with van der Waals surface area (Å²) >= 11 is 3.41. The van der Waals surface area contributed by atoms with Crippen LogP contribution < -0.4 is 5.73 Å². The van der Waals surface area contributed by atoms with Gasteiger partial charge in [0.1, 0.15) is 0 Å². The molecule has 1 fully saturated rings. The van der Waals surface area contributed by atoms with E-state index in [0.29, 0.717) is 5.92 Å². The highest BCUT2D eigenvalue weighted by atomic mass is 79.9. The largest absolute Gasteiger partial charge is 0.457 e. The summed E-state index contributed by atoms with van der Waals surface area (Å²) in [6.45, 7) is 0.725. The zero-order chi connectivity index (χ0) is 9.26. The summed E-state index contributed by atoms with van der Waals surface area (Å²) in [6.07, 6.45) is 5.72. The van der Waals surface area contributed by atoms with Gasteiger partial charge in [-0.15, -0.1) is 0 Å². The second-order valence-electron chi connectivity index (χ2n) is 3.68. The molecule has 72 valence electrons. The Morgan fingerprint density at radius 3 is 2.77 bits per heavy atom. The first-order valence-corrected chi connectivity index (χ1v) is 5.55. The molecule has 2 rings (SSSR count). The van der Waals surface area contributed by atoms with Gasteiger partial charge in [-0.1, -0.05) is 6.42 Å². The van der Waals surface area contributed by atoms with Gasteiger partial charge in [0.25, 0.3) is 0 Å². The van der Waals surface area contributed by atoms with Crippen molar-refractivity contribution in [2.24, 2.45) is 11.7 Å². The van der Waals surface area contributed by atoms with Gasteiger partial charge in [-0.25, -0.2) is 0 Å². The van der Waals surface area contributed by atoms with Gasteiger partial charge in [-0.2, -0.15) is 0 Å². The van der Waals surface area contributed by atoms with Gasteiger partial charge in [0.05, 0.1) is 6.26 Å². The van der Waals surface area contributed by atoms with Crippen molar-refractivity contribution < 1.29 is 4.42 Å². The van der Waals surface area contributed by atoms with E-state index in [2.05, 4.69) is 15.9 Å². The topological polar surface area (TPSA) is 39.2 Å². The zero-order valence-corrected chi connectivity index (χ0v) is 9.09. The Morgan fingerprint density at radius 2 is 2.38 bits per heavy atom. The molecule has 0 bridgehead atoms. The van der Waals surface area contributed by atoms with Crippen molar-refractivity contribution in [2.75, 3.05) is 6.54 Å². The van der Waals surface area contributed by atoms with Gasteiger partial charge >= 0.3 is 0 Å². The van der Waals surface area contributed by atoms with E-state index in [0.717, 1.165) is 17.1 Å². The average molecular weight is 244 g/mol. The Balaban J connectivity index is 2.16. The van der Waals surface area contributed by atoms with Crippen LogP contribution in [0.25, 0.3) is 0 Å². The molecule has 1 aliphatic carbocycles. The predicted octanol–water partition coefficient (Wildman–Crippen LogP) is 2.88. The van der Waals surface area contributed by atoms with Gasteiger partial charge in [0.2, 0.25) is 0 Å². The van der Waals surface area contributed by atoms with Crippen LogP contribution in [0.2, 0.25) is 0 Å². The minimum absolute atomic E-state index is 0.488. The third-order valence-corrected chi connectivity index (χ3v) is 3.66. The summed E-state index contributed by atoms with van der Waals surface area (Å²) in [5.74, 6) is 1.26. The first kappa shape index (κ1) is 9.28. The predicted molar refractivity (Wildman–Crippen MR) is 55.5 cm³/mol. The maximum atomic E-state index is 5.78. The molecule has 1 heterocycles. The van der Waals surface area contributed by atoms with Crippen molar-refractivity contribution in [3.8, 4) is 0 Å². The molecule has 2 nitrogen and oxygen atoms in total. The van der Waals surface area contributed by atoms with E-state index in [-0.39, 0.29) is 0 Å². The van der Waals surface area contributed by atoms with Crippen molar-refractivity contribution in [3.05, 3.63) is 22.6 Å². The Kier molecular flexibility index (Phi) is 2.74. The van der Waals surface area contributed by atoms with Crippen molar-refractivity contribution in [2.45, 2.75) is 25.2 Å². The van der Waals surface area contributed by atoms with Crippen LogP contribution in [0.5, 0.6) is 0 Å². The molecule has 3 heteroatoms. The van der Waals surface area contributed by atoms with Gasteiger partial charge in [0.15, 0.2) is 4.67 Å². The third-order valence-electron chi connectivity index (χ3n) is 3.02. The van der Waals surface area contributed by atoms with Crippen LogP contribution in [0.3, 0.4) is 0 Å². The van der Waals surface area contributed by atoms with Gasteiger partial charge in [0, 0.05) is 11.5 Å². The molecule has 2 N–H and O–H groups in total. The lowest BCUT2D eigenvalue weighted by Gasteiger charge is -2.32. The normalized spacial score (nSPS) is 19.8. The van der Waals surface area contributed by atoms with Crippen molar-refractivity contribution >= 4 is 15.9 Å². The lowest BCUT2D eigenvalue weighted by Crippen LogP contribution is -2.26. The molecule has 0 aromatic carbocycles. The van der Waals surface area contributed by atoms with E-state index >= 15 is 0 Å². The second-order valence-corrected chi connectivity index (χ2v) is 4.40. The molecule has 1 aromatic rings. The fraction of sp³-hybridized carbons (Fsp3) is 0.600. The standard InChI is InChI=1S/C10H14BrNO/c11-10-8(4-5-13-10)9(6-12)7-2-1-3-7/h4-5,7,9H,1-3,6,12H2. The monoisotopic (exact) mass is 243 g/mol. The van der Waals surface area contributed by atoms with Crippen LogP contribution in [0.1, 0.15) is 30.7 Å². The van der Waals surface area contributed by atoms with Crippen molar-refractivity contribution in [1.82, 2.24) is 0 Å². The van der Waals surface area contributed by atoms with Crippen LogP contribution in [0, 0.1) is 5.92 Å². The van der Waals surface area contributed by atoms with E-state index in [4.69, 9.17) is 10.2 Å². The van der Waals surface area contributed by atoms with Gasteiger partial charge in [-0.05, 0) is 47.3 Å². The van der Waals surface area contributed by atoms with Crippen LogP contribution in [-0.2, 0) is 0 Å². The number of nitrogens with two attached hydrogens (primary N) is 1. The van der Waals surface area contributed by atoms with E-state index in [9.17, 15) is 0 Å². The zero-order valence-electron chi connectivity index (χ0n) is 7.50. The Hall–Kier alpha value is -0.280. The van der Waals surface area contributed by atoms with Gasteiger partial charge < -0.3 is 10.2 Å². The molecule has 1 aromatic heterocycles. The summed E-state index contributed by atoms with van der Waals surface area (Å²) in [5, 5.41) is 0. The highest BCUT2D eigenvalue weighted by Crippen LogP contribution is 2.41. The van der Waals surface area contributed by atoms with Crippen LogP contribution in [0.4, 0.5) is 0 Å². The Morgan fingerprint density at radius 1 is 1.62 bits per heavy atom. The van der Waals surface area contributed by atoms with E-state index in [1.807, 2.05) is 6.07 Å². The highest BCUT2D eigenvalue weighted by molar-refractivity contribution is 9.10. The maximum absolute atomic E-state index is 5.78. The summed E-state index contributed by atoms with van der Waals surface area (Å²) in [4.78, 5) is 0. The minimum Gasteiger partial charge on any atom is -0.457 e. The molecular formula is C10H14BrNO. The van der Waals surface area contributed by atoms with Crippen LogP contribution in [0.15, 0.2) is 21.4 Å². The Bertz CT molecular complexity index is 280. The minimum atomic E-state index is 0.488. The number of hydrogen-bond donors (Lipinski definition) is 1. The number of hydrogen-bond acceptors (Lipinski definition) is 2. The quantitative estimate of drug-likeness (QED) is 0.887. The average Bonchev–Trinajstić information content (AvgIpc) is 2.43. The lowest BCUT2D eigenvalue weighted by molar-refractivity contribution is 0.262. The molecule has 1 atom stereocenters. The van der Waals surface area contributed by atoms with Crippen LogP contribution >= 0.6 is 15.9 Å². The van der Waals surface area contributed by atoms with E-state index < -0.39 is 0 Å². The second kappa shape index (κ2) is 3.84. The Labute approximate surface area is 86.6 Å². The third kappa shape index (κ3) is 1.67. The highest BCUT2D eigenvalue weighted by Gasteiger charge is 2.29. The van der Waals surface area contributed by atoms with E-state index in [1.54, 1.807) is 6.26 Å². The SMILES string of the molecule is NCC(c1ccoc1Br)C1CCC1. The molecule has 0 saturated heterocycles. The maximum Gasteiger partial charge on any atom is 0.172 e. The fourth-order valence-electron chi connectivity index (χ4n) is 1.99. The summed E-state index contributed by atoms with van der Waals surface area (Å²) in [7, 11) is 0. The molecular weight excluding hydrogens is 230 g/mol. The molecule has 1 unspecified atom stereocenters. The molecule has 0 radical (unpaired) electrons. The summed E-state index contributed by atoms with van der Waals surface area (Å²) in [6, 6.07) is 2.03. The molecule has 13 heavy (non-hydrogen) atoms. The molecule has 0 amide bonds. The number of furan rings is 1. The van der Waals surface area contributed by atoms with Crippen LogP contribution in [-0.4, -0.2) is 6.54 Å².